The third kappa shape index (κ3) is 5.51. The first-order valence-electron chi connectivity index (χ1n) is 8.53. The van der Waals surface area contributed by atoms with Crippen LogP contribution in [0.2, 0.25) is 0 Å². The molecule has 1 aliphatic rings. The maximum atomic E-state index is 12.5. The zero-order valence-electron chi connectivity index (χ0n) is 14.7. The van der Waals surface area contributed by atoms with E-state index in [4.69, 9.17) is 4.74 Å². The van der Waals surface area contributed by atoms with Gasteiger partial charge in [0.2, 0.25) is 5.91 Å². The fourth-order valence-corrected chi connectivity index (χ4v) is 2.74. The number of rotatable bonds is 4. The van der Waals surface area contributed by atoms with Gasteiger partial charge in [0, 0.05) is 25.5 Å². The lowest BCUT2D eigenvalue weighted by Gasteiger charge is -2.35. The van der Waals surface area contributed by atoms with Crippen LogP contribution in [0.3, 0.4) is 0 Å². The molecule has 1 saturated heterocycles. The molecule has 1 N–H and O–H groups in total. The Morgan fingerprint density at radius 1 is 1.38 bits per heavy atom. The molecule has 1 aliphatic heterocycles. The van der Waals surface area contributed by atoms with Gasteiger partial charge in [-0.1, -0.05) is 6.07 Å². The van der Waals surface area contributed by atoms with Crippen molar-refractivity contribution in [3.63, 3.8) is 0 Å². The summed E-state index contributed by atoms with van der Waals surface area (Å²) in [6.45, 7) is 6.59. The lowest BCUT2D eigenvalue weighted by Crippen LogP contribution is -2.53. The smallest absolute Gasteiger partial charge is 0.410 e. The van der Waals surface area contributed by atoms with Gasteiger partial charge in [0.1, 0.15) is 11.6 Å². The van der Waals surface area contributed by atoms with Crippen LogP contribution in [0.1, 0.15) is 45.6 Å². The molecule has 0 radical (unpaired) electrons. The lowest BCUT2D eigenvalue weighted by atomic mass is 10.0. The molecule has 2 amide bonds. The zero-order valence-corrected chi connectivity index (χ0v) is 14.7. The molecule has 0 unspecified atom stereocenters. The van der Waals surface area contributed by atoms with Crippen molar-refractivity contribution in [2.24, 2.45) is 0 Å². The van der Waals surface area contributed by atoms with Gasteiger partial charge in [-0.2, -0.15) is 0 Å². The molecule has 6 heteroatoms. The minimum atomic E-state index is -0.560. The van der Waals surface area contributed by atoms with E-state index in [-0.39, 0.29) is 5.91 Å². The van der Waals surface area contributed by atoms with Crippen LogP contribution in [-0.2, 0) is 16.0 Å². The second kappa shape index (κ2) is 8.13. The number of nitrogens with one attached hydrogen (secondary N) is 1. The fourth-order valence-electron chi connectivity index (χ4n) is 2.74. The predicted octanol–water partition coefficient (Wildman–Crippen LogP) is 2.53. The minimum Gasteiger partial charge on any atom is -0.444 e. The molecule has 0 spiro atoms. The zero-order chi connectivity index (χ0) is 17.6. The van der Waals surface area contributed by atoms with Crippen LogP contribution < -0.4 is 5.32 Å². The highest BCUT2D eigenvalue weighted by atomic mass is 16.6. The van der Waals surface area contributed by atoms with Gasteiger partial charge in [-0.3, -0.25) is 14.7 Å². The van der Waals surface area contributed by atoms with Crippen molar-refractivity contribution in [2.45, 2.75) is 58.1 Å². The van der Waals surface area contributed by atoms with Gasteiger partial charge in [-0.25, -0.2) is 4.79 Å². The van der Waals surface area contributed by atoms with Crippen molar-refractivity contribution in [3.05, 3.63) is 30.1 Å². The van der Waals surface area contributed by atoms with E-state index in [1.807, 2.05) is 32.9 Å². The van der Waals surface area contributed by atoms with Crippen LogP contribution in [0, 0.1) is 0 Å². The molecule has 2 heterocycles. The molecule has 0 aliphatic carbocycles. The fraction of sp³-hybridized carbons (Fsp3) is 0.611. The predicted molar refractivity (Wildman–Crippen MR) is 91.5 cm³/mol. The van der Waals surface area contributed by atoms with Gasteiger partial charge in [-0.05, 0) is 58.1 Å². The summed E-state index contributed by atoms with van der Waals surface area (Å²) in [4.78, 5) is 30.5. The van der Waals surface area contributed by atoms with E-state index in [1.54, 1.807) is 17.3 Å². The summed E-state index contributed by atoms with van der Waals surface area (Å²) in [7, 11) is 0. The lowest BCUT2D eigenvalue weighted by molar-refractivity contribution is -0.127. The molecular formula is C18H27N3O3. The van der Waals surface area contributed by atoms with Crippen molar-refractivity contribution in [3.8, 4) is 0 Å². The number of ether oxygens (including phenoxy) is 1. The van der Waals surface area contributed by atoms with Crippen LogP contribution in [0.25, 0.3) is 0 Å². The molecule has 1 aromatic heterocycles. The number of pyridine rings is 1. The minimum absolute atomic E-state index is 0.107. The topological polar surface area (TPSA) is 71.5 Å². The monoisotopic (exact) mass is 333 g/mol. The molecule has 0 aromatic carbocycles. The highest BCUT2D eigenvalue weighted by Crippen LogP contribution is 2.20. The maximum Gasteiger partial charge on any atom is 0.410 e. The van der Waals surface area contributed by atoms with Crippen LogP contribution in [0.5, 0.6) is 0 Å². The summed E-state index contributed by atoms with van der Waals surface area (Å²) in [6.07, 6.45) is 6.35. The first-order valence-corrected chi connectivity index (χ1v) is 8.53. The Hall–Kier alpha value is -2.11. The van der Waals surface area contributed by atoms with Gasteiger partial charge in [0.15, 0.2) is 0 Å². The van der Waals surface area contributed by atoms with Gasteiger partial charge < -0.3 is 10.1 Å². The van der Waals surface area contributed by atoms with E-state index in [0.717, 1.165) is 24.8 Å². The van der Waals surface area contributed by atoms with E-state index >= 15 is 0 Å². The normalized spacial score (nSPS) is 18.1. The Kier molecular flexibility index (Phi) is 6.17. The number of carbonyl (C=O) groups excluding carboxylic acids is 2. The van der Waals surface area contributed by atoms with Gasteiger partial charge in [0.05, 0.1) is 0 Å². The van der Waals surface area contributed by atoms with E-state index in [2.05, 4.69) is 10.3 Å². The van der Waals surface area contributed by atoms with E-state index in [0.29, 0.717) is 19.5 Å². The second-order valence-electron chi connectivity index (χ2n) is 7.09. The van der Waals surface area contributed by atoms with Crippen molar-refractivity contribution >= 4 is 12.0 Å². The highest BCUT2D eigenvalue weighted by Gasteiger charge is 2.34. The van der Waals surface area contributed by atoms with Crippen LogP contribution in [-0.4, -0.2) is 46.6 Å². The number of hydrogen-bond acceptors (Lipinski definition) is 4. The standard InChI is InChI=1S/C18H27N3O3/c1-18(2,3)24-17(23)21-12-5-4-8-15(21)16(22)20-11-9-14-7-6-10-19-13-14/h6-7,10,13,15H,4-5,8-9,11-12H2,1-3H3,(H,20,22)/t15-/m0/s1. The Morgan fingerprint density at radius 2 is 2.17 bits per heavy atom. The summed E-state index contributed by atoms with van der Waals surface area (Å²) >= 11 is 0. The SMILES string of the molecule is CC(C)(C)OC(=O)N1CCCC[C@H]1C(=O)NCCc1cccnc1. The van der Waals surface area contributed by atoms with Crippen LogP contribution >= 0.6 is 0 Å². The van der Waals surface area contributed by atoms with Crippen molar-refractivity contribution in [2.75, 3.05) is 13.1 Å². The van der Waals surface area contributed by atoms with Crippen molar-refractivity contribution in [1.82, 2.24) is 15.2 Å². The molecule has 0 saturated carbocycles. The maximum absolute atomic E-state index is 12.5. The summed E-state index contributed by atoms with van der Waals surface area (Å²) in [6, 6.07) is 3.41. The molecule has 132 valence electrons. The Labute approximate surface area is 143 Å². The van der Waals surface area contributed by atoms with E-state index in [1.165, 1.54) is 0 Å². The number of carbonyl (C=O) groups is 2. The first kappa shape index (κ1) is 18.2. The van der Waals surface area contributed by atoms with Crippen molar-refractivity contribution < 1.29 is 14.3 Å². The number of nitrogens with zero attached hydrogens (tertiary/aromatic N) is 2. The average Bonchev–Trinajstić information content (AvgIpc) is 2.54. The Bertz CT molecular complexity index is 554. The number of likely N-dealkylation sites (tertiary alicyclic amines) is 1. The molecule has 6 nitrogen and oxygen atoms in total. The van der Waals surface area contributed by atoms with Gasteiger partial charge >= 0.3 is 6.09 Å². The summed E-state index contributed by atoms with van der Waals surface area (Å²) < 4.78 is 5.43. The highest BCUT2D eigenvalue weighted by molar-refractivity contribution is 5.85. The van der Waals surface area contributed by atoms with E-state index < -0.39 is 17.7 Å². The molecule has 1 atom stereocenters. The molecular weight excluding hydrogens is 306 g/mol. The molecule has 24 heavy (non-hydrogen) atoms. The summed E-state index contributed by atoms with van der Waals surface area (Å²) in [5.74, 6) is -0.107. The average molecular weight is 333 g/mol. The summed E-state index contributed by atoms with van der Waals surface area (Å²) in [5, 5.41) is 2.93. The van der Waals surface area contributed by atoms with Gasteiger partial charge in [-0.15, -0.1) is 0 Å². The van der Waals surface area contributed by atoms with Crippen LogP contribution in [0.4, 0.5) is 4.79 Å². The number of hydrogen-bond donors (Lipinski definition) is 1. The number of piperidine rings is 1. The van der Waals surface area contributed by atoms with Crippen LogP contribution in [0.15, 0.2) is 24.5 Å². The summed E-state index contributed by atoms with van der Waals surface area (Å²) in [5.41, 5.74) is 0.515. The first-order chi connectivity index (χ1) is 11.4. The Balaban J connectivity index is 1.89. The number of aromatic nitrogens is 1. The molecule has 2 rings (SSSR count). The Morgan fingerprint density at radius 3 is 2.83 bits per heavy atom. The largest absolute Gasteiger partial charge is 0.444 e. The molecule has 1 aromatic rings. The third-order valence-corrected chi connectivity index (χ3v) is 3.87. The van der Waals surface area contributed by atoms with Gasteiger partial charge in [0.25, 0.3) is 0 Å². The second-order valence-corrected chi connectivity index (χ2v) is 7.09. The molecule has 1 fully saturated rings. The number of amides is 2. The van der Waals surface area contributed by atoms with E-state index in [9.17, 15) is 9.59 Å². The quantitative estimate of drug-likeness (QED) is 0.919. The van der Waals surface area contributed by atoms with Crippen molar-refractivity contribution in [1.29, 1.82) is 0 Å². The third-order valence-electron chi connectivity index (χ3n) is 3.87. The molecule has 0 bridgehead atoms.